The number of hydrogen-bond acceptors (Lipinski definition) is 4. The van der Waals surface area contributed by atoms with E-state index in [1.165, 1.54) is 18.8 Å². The first-order valence-corrected chi connectivity index (χ1v) is 6.95. The Labute approximate surface area is 125 Å². The predicted octanol–water partition coefficient (Wildman–Crippen LogP) is 3.96. The number of carbonyl (C=O) groups excluding carboxylic acids is 1. The van der Waals surface area contributed by atoms with Crippen LogP contribution in [0.1, 0.15) is 38.5 Å². The van der Waals surface area contributed by atoms with Gasteiger partial charge in [-0.2, -0.15) is 0 Å². The van der Waals surface area contributed by atoms with Crippen molar-refractivity contribution in [2.45, 2.75) is 38.5 Å². The molecule has 0 unspecified atom stereocenters. The lowest BCUT2D eigenvalue weighted by Crippen LogP contribution is -1.93. The van der Waals surface area contributed by atoms with Crippen molar-refractivity contribution in [2.24, 2.45) is 0 Å². The lowest BCUT2D eigenvalue weighted by molar-refractivity contribution is -0.402. The maximum atomic E-state index is 10.9. The molecule has 0 aliphatic carbocycles. The lowest BCUT2D eigenvalue weighted by atomic mass is 10.0. The molecule has 5 nitrogen and oxygen atoms in total. The highest BCUT2D eigenvalue weighted by molar-refractivity contribution is 5.81. The molecular formula is C16H23NO4. The van der Waals surface area contributed by atoms with E-state index in [-0.39, 0.29) is 5.97 Å². The van der Waals surface area contributed by atoms with Gasteiger partial charge in [-0.3, -0.25) is 10.1 Å². The third-order valence-corrected chi connectivity index (χ3v) is 2.79. The van der Waals surface area contributed by atoms with Gasteiger partial charge in [0.2, 0.25) is 6.20 Å². The summed E-state index contributed by atoms with van der Waals surface area (Å²) in [6.07, 6.45) is 14.7. The van der Waals surface area contributed by atoms with Gasteiger partial charge in [0.1, 0.15) is 0 Å². The number of esters is 1. The molecule has 0 spiro atoms. The summed E-state index contributed by atoms with van der Waals surface area (Å²) in [5, 5.41) is 10.1. The van der Waals surface area contributed by atoms with Crippen LogP contribution in [0.3, 0.4) is 0 Å². The van der Waals surface area contributed by atoms with Crippen LogP contribution >= 0.6 is 0 Å². The van der Waals surface area contributed by atoms with Gasteiger partial charge in [0.25, 0.3) is 0 Å². The van der Waals surface area contributed by atoms with E-state index in [0.29, 0.717) is 6.42 Å². The van der Waals surface area contributed by atoms with Crippen LogP contribution in [0, 0.1) is 10.1 Å². The van der Waals surface area contributed by atoms with E-state index < -0.39 is 4.92 Å². The molecule has 0 saturated carbocycles. The molecule has 0 amide bonds. The molecule has 116 valence electrons. The standard InChI is InChI=1S/C16H23NO4/c1-3-10-15(12-7-8-13-16(18)21-2)11-6-4-5-9-14-17(19)20/h3,8-10,13-14H,1,4-7,11-12H2,2H3/b13-8+,14-9+,15-10-. The van der Waals surface area contributed by atoms with Crippen LogP contribution in [0.4, 0.5) is 0 Å². The summed E-state index contributed by atoms with van der Waals surface area (Å²) in [6.45, 7) is 3.69. The molecule has 0 aromatic rings. The van der Waals surface area contributed by atoms with E-state index in [0.717, 1.165) is 38.3 Å². The summed E-state index contributed by atoms with van der Waals surface area (Å²) < 4.78 is 4.51. The number of ether oxygens (including phenoxy) is 1. The van der Waals surface area contributed by atoms with Crippen molar-refractivity contribution in [3.05, 3.63) is 58.8 Å². The smallest absolute Gasteiger partial charge is 0.330 e. The van der Waals surface area contributed by atoms with Crippen molar-refractivity contribution in [1.82, 2.24) is 0 Å². The first kappa shape index (κ1) is 18.8. The number of hydrogen-bond donors (Lipinski definition) is 0. The molecule has 0 rings (SSSR count). The summed E-state index contributed by atoms with van der Waals surface area (Å²) in [4.78, 5) is 20.6. The van der Waals surface area contributed by atoms with Crippen molar-refractivity contribution in [2.75, 3.05) is 7.11 Å². The normalized spacial score (nSPS) is 12.0. The average molecular weight is 293 g/mol. The summed E-state index contributed by atoms with van der Waals surface area (Å²) in [5.41, 5.74) is 1.26. The topological polar surface area (TPSA) is 69.4 Å². The Kier molecular flexibility index (Phi) is 11.5. The molecule has 0 aromatic carbocycles. The monoisotopic (exact) mass is 293 g/mol. The van der Waals surface area contributed by atoms with E-state index in [1.54, 1.807) is 18.2 Å². The minimum absolute atomic E-state index is 0.346. The van der Waals surface area contributed by atoms with Crippen molar-refractivity contribution in [3.63, 3.8) is 0 Å². The molecule has 0 bridgehead atoms. The second-order valence-electron chi connectivity index (χ2n) is 4.44. The van der Waals surface area contributed by atoms with Gasteiger partial charge in [-0.1, -0.05) is 30.4 Å². The Morgan fingerprint density at radius 2 is 2.00 bits per heavy atom. The number of nitrogens with zero attached hydrogens (tertiary/aromatic N) is 1. The Morgan fingerprint density at radius 3 is 2.62 bits per heavy atom. The van der Waals surface area contributed by atoms with Crippen LogP contribution in [0.15, 0.2) is 48.7 Å². The van der Waals surface area contributed by atoms with Crippen LogP contribution in [0.25, 0.3) is 0 Å². The molecule has 21 heavy (non-hydrogen) atoms. The van der Waals surface area contributed by atoms with E-state index in [2.05, 4.69) is 11.3 Å². The average Bonchev–Trinajstić information content (AvgIpc) is 2.46. The first-order chi connectivity index (χ1) is 10.1. The number of carbonyl (C=O) groups is 1. The zero-order valence-electron chi connectivity index (χ0n) is 12.5. The predicted molar refractivity (Wildman–Crippen MR) is 83.3 cm³/mol. The van der Waals surface area contributed by atoms with Crippen LogP contribution in [0.5, 0.6) is 0 Å². The number of unbranched alkanes of at least 4 members (excludes halogenated alkanes) is 2. The summed E-state index contributed by atoms with van der Waals surface area (Å²) in [7, 11) is 1.35. The Hall–Kier alpha value is -2.17. The molecule has 0 aliphatic heterocycles. The molecule has 0 fully saturated rings. The summed E-state index contributed by atoms with van der Waals surface area (Å²) in [5.74, 6) is -0.346. The van der Waals surface area contributed by atoms with Crippen LogP contribution in [0.2, 0.25) is 0 Å². The molecule has 0 aromatic heterocycles. The molecule has 0 radical (unpaired) electrons. The van der Waals surface area contributed by atoms with Gasteiger partial charge < -0.3 is 4.74 Å². The molecule has 0 saturated heterocycles. The fraction of sp³-hybridized carbons (Fsp3) is 0.438. The minimum Gasteiger partial charge on any atom is -0.466 e. The first-order valence-electron chi connectivity index (χ1n) is 6.95. The highest BCUT2D eigenvalue weighted by Gasteiger charge is 1.97. The van der Waals surface area contributed by atoms with Crippen molar-refractivity contribution < 1.29 is 14.5 Å². The highest BCUT2D eigenvalue weighted by atomic mass is 16.6. The van der Waals surface area contributed by atoms with Gasteiger partial charge in [-0.05, 0) is 44.6 Å². The van der Waals surface area contributed by atoms with Crippen molar-refractivity contribution >= 4 is 5.97 Å². The summed E-state index contributed by atoms with van der Waals surface area (Å²) in [6, 6.07) is 0. The molecule has 5 heteroatoms. The largest absolute Gasteiger partial charge is 0.466 e. The highest BCUT2D eigenvalue weighted by Crippen LogP contribution is 2.15. The van der Waals surface area contributed by atoms with Crippen LogP contribution in [-0.4, -0.2) is 18.0 Å². The SMILES string of the molecule is C=C/C=C(\CC/C=C/C(=O)OC)CCCC/C=C/[N+](=O)[O-]. The van der Waals surface area contributed by atoms with Gasteiger partial charge in [-0.25, -0.2) is 4.79 Å². The van der Waals surface area contributed by atoms with E-state index >= 15 is 0 Å². The van der Waals surface area contributed by atoms with Gasteiger partial charge >= 0.3 is 5.97 Å². The zero-order chi connectivity index (χ0) is 15.9. The molecule has 0 atom stereocenters. The molecule has 0 aliphatic rings. The number of rotatable bonds is 11. The van der Waals surface area contributed by atoms with E-state index in [4.69, 9.17) is 0 Å². The number of nitro groups is 1. The molecule has 0 N–H and O–H groups in total. The number of methoxy groups -OCH3 is 1. The quantitative estimate of drug-likeness (QED) is 0.144. The zero-order valence-corrected chi connectivity index (χ0v) is 12.5. The molecular weight excluding hydrogens is 270 g/mol. The second kappa shape index (κ2) is 12.8. The Bertz CT molecular complexity index is 422. The fourth-order valence-electron chi connectivity index (χ4n) is 1.75. The molecule has 0 heterocycles. The Morgan fingerprint density at radius 1 is 1.24 bits per heavy atom. The third-order valence-electron chi connectivity index (χ3n) is 2.79. The summed E-state index contributed by atoms with van der Waals surface area (Å²) >= 11 is 0. The van der Waals surface area contributed by atoms with Crippen LogP contribution in [-0.2, 0) is 9.53 Å². The lowest BCUT2D eigenvalue weighted by Gasteiger charge is -2.04. The van der Waals surface area contributed by atoms with E-state index in [9.17, 15) is 14.9 Å². The van der Waals surface area contributed by atoms with Crippen molar-refractivity contribution in [1.29, 1.82) is 0 Å². The van der Waals surface area contributed by atoms with Gasteiger partial charge in [-0.15, -0.1) is 0 Å². The maximum absolute atomic E-state index is 10.9. The Balaban J connectivity index is 3.96. The van der Waals surface area contributed by atoms with Gasteiger partial charge in [0.05, 0.1) is 12.0 Å². The van der Waals surface area contributed by atoms with E-state index in [1.807, 2.05) is 6.08 Å². The second-order valence-corrected chi connectivity index (χ2v) is 4.44. The van der Waals surface area contributed by atoms with Gasteiger partial charge in [0, 0.05) is 6.08 Å². The van der Waals surface area contributed by atoms with Gasteiger partial charge in [0.15, 0.2) is 0 Å². The number of allylic oxidation sites excluding steroid dienone is 5. The van der Waals surface area contributed by atoms with Crippen LogP contribution < -0.4 is 0 Å². The fourth-order valence-corrected chi connectivity index (χ4v) is 1.75. The maximum Gasteiger partial charge on any atom is 0.330 e. The minimum atomic E-state index is -0.448. The van der Waals surface area contributed by atoms with Crippen molar-refractivity contribution in [3.8, 4) is 0 Å². The third kappa shape index (κ3) is 12.6.